The highest BCUT2D eigenvalue weighted by atomic mass is 127. The van der Waals surface area contributed by atoms with Crippen molar-refractivity contribution in [1.29, 1.82) is 0 Å². The Bertz CT molecular complexity index is 430. The Morgan fingerprint density at radius 3 is 2.31 bits per heavy atom. The lowest BCUT2D eigenvalue weighted by Gasteiger charge is -2.34. The minimum Gasteiger partial charge on any atom is -0.357 e. The van der Waals surface area contributed by atoms with Gasteiger partial charge >= 0.3 is 0 Å². The second kappa shape index (κ2) is 12.7. The second-order valence-electron chi connectivity index (χ2n) is 8.08. The van der Waals surface area contributed by atoms with Gasteiger partial charge in [-0.05, 0) is 40.7 Å². The van der Waals surface area contributed by atoms with Crippen molar-refractivity contribution >= 4 is 35.8 Å². The van der Waals surface area contributed by atoms with E-state index in [1.165, 1.54) is 0 Å². The Kier molecular flexibility index (Phi) is 12.4. The van der Waals surface area contributed by atoms with Gasteiger partial charge in [0.05, 0.1) is 0 Å². The average molecular weight is 482 g/mol. The number of nitrogens with zero attached hydrogens (tertiary/aromatic N) is 3. The molecule has 1 atom stereocenters. The standard InChI is InChI=1S/C18H38N6O.HI/c1-7-19-17(21-13-16(25)22-18(3,4)5)20-12-15(2)14-24-10-8-23(6)9-11-24;/h15H,7-14H2,1-6H3,(H,22,25)(H2,19,20,21);1H. The molecule has 0 radical (unpaired) electrons. The maximum absolute atomic E-state index is 11.9. The van der Waals surface area contributed by atoms with Crippen LogP contribution in [0.25, 0.3) is 0 Å². The SMILES string of the molecule is CCNC(=NCC(=O)NC(C)(C)C)NCC(C)CN1CCN(C)CC1.I. The van der Waals surface area contributed by atoms with Gasteiger partial charge in [0.15, 0.2) is 5.96 Å². The molecular formula is C18H39IN6O. The van der Waals surface area contributed by atoms with Crippen molar-refractivity contribution in [2.45, 2.75) is 40.2 Å². The molecule has 0 aromatic carbocycles. The second-order valence-corrected chi connectivity index (χ2v) is 8.08. The molecular weight excluding hydrogens is 443 g/mol. The number of aliphatic imine (C=N–C) groups is 1. The monoisotopic (exact) mass is 482 g/mol. The highest BCUT2D eigenvalue weighted by molar-refractivity contribution is 14.0. The molecule has 1 rings (SSSR count). The van der Waals surface area contributed by atoms with Crippen LogP contribution < -0.4 is 16.0 Å². The van der Waals surface area contributed by atoms with Crippen molar-refractivity contribution in [3.63, 3.8) is 0 Å². The lowest BCUT2D eigenvalue weighted by molar-refractivity contribution is -0.121. The van der Waals surface area contributed by atoms with Crippen molar-refractivity contribution in [3.05, 3.63) is 0 Å². The summed E-state index contributed by atoms with van der Waals surface area (Å²) in [5.41, 5.74) is -0.227. The number of carbonyl (C=O) groups is 1. The number of hydrogen-bond acceptors (Lipinski definition) is 4. The van der Waals surface area contributed by atoms with Crippen LogP contribution in [0, 0.1) is 5.92 Å². The maximum atomic E-state index is 11.9. The van der Waals surface area contributed by atoms with Gasteiger partial charge in [0.2, 0.25) is 5.91 Å². The van der Waals surface area contributed by atoms with Crippen molar-refractivity contribution in [2.75, 3.05) is 59.4 Å². The average Bonchev–Trinajstić information content (AvgIpc) is 2.50. The molecule has 1 aliphatic rings. The van der Waals surface area contributed by atoms with Gasteiger partial charge < -0.3 is 25.8 Å². The first-order valence-corrected chi connectivity index (χ1v) is 9.43. The summed E-state index contributed by atoms with van der Waals surface area (Å²) in [5.74, 6) is 1.17. The Morgan fingerprint density at radius 1 is 1.15 bits per heavy atom. The number of hydrogen-bond donors (Lipinski definition) is 3. The van der Waals surface area contributed by atoms with Gasteiger partial charge in [-0.25, -0.2) is 4.99 Å². The molecule has 154 valence electrons. The molecule has 1 amide bonds. The largest absolute Gasteiger partial charge is 0.357 e. The van der Waals surface area contributed by atoms with Gasteiger partial charge in [-0.3, -0.25) is 4.79 Å². The van der Waals surface area contributed by atoms with E-state index in [1.54, 1.807) is 0 Å². The van der Waals surface area contributed by atoms with Crippen LogP contribution >= 0.6 is 24.0 Å². The number of piperazine rings is 1. The van der Waals surface area contributed by atoms with Gasteiger partial charge in [-0.2, -0.15) is 0 Å². The normalized spacial score (nSPS) is 18.0. The molecule has 1 saturated heterocycles. The van der Waals surface area contributed by atoms with Crippen LogP contribution in [0.15, 0.2) is 4.99 Å². The molecule has 7 nitrogen and oxygen atoms in total. The number of rotatable bonds is 7. The summed E-state index contributed by atoms with van der Waals surface area (Å²) in [4.78, 5) is 21.2. The fourth-order valence-electron chi connectivity index (χ4n) is 2.76. The third kappa shape index (κ3) is 11.9. The van der Waals surface area contributed by atoms with Gasteiger partial charge in [-0.15, -0.1) is 24.0 Å². The summed E-state index contributed by atoms with van der Waals surface area (Å²) < 4.78 is 0. The number of guanidine groups is 1. The van der Waals surface area contributed by atoms with Crippen LogP contribution in [0.5, 0.6) is 0 Å². The fourth-order valence-corrected chi connectivity index (χ4v) is 2.76. The van der Waals surface area contributed by atoms with E-state index in [1.807, 2.05) is 27.7 Å². The maximum Gasteiger partial charge on any atom is 0.242 e. The molecule has 26 heavy (non-hydrogen) atoms. The van der Waals surface area contributed by atoms with E-state index in [4.69, 9.17) is 0 Å². The molecule has 0 spiro atoms. The van der Waals surface area contributed by atoms with Gasteiger partial charge in [0.25, 0.3) is 0 Å². The molecule has 1 aliphatic heterocycles. The predicted molar refractivity (Wildman–Crippen MR) is 120 cm³/mol. The Hall–Kier alpha value is -0.610. The van der Waals surface area contributed by atoms with Gasteiger partial charge in [0, 0.05) is 51.4 Å². The third-order valence-corrected chi connectivity index (χ3v) is 4.02. The van der Waals surface area contributed by atoms with E-state index in [0.717, 1.165) is 45.8 Å². The minimum absolute atomic E-state index is 0. The summed E-state index contributed by atoms with van der Waals surface area (Å²) in [7, 11) is 2.18. The van der Waals surface area contributed by atoms with Crippen molar-refractivity contribution in [2.24, 2.45) is 10.9 Å². The molecule has 0 saturated carbocycles. The lowest BCUT2D eigenvalue weighted by atomic mass is 10.1. The molecule has 8 heteroatoms. The zero-order valence-corrected chi connectivity index (χ0v) is 19.7. The highest BCUT2D eigenvalue weighted by Gasteiger charge is 2.16. The summed E-state index contributed by atoms with van der Waals surface area (Å²) >= 11 is 0. The van der Waals surface area contributed by atoms with E-state index in [-0.39, 0.29) is 42.0 Å². The number of nitrogens with one attached hydrogen (secondary N) is 3. The molecule has 1 fully saturated rings. The number of halogens is 1. The molecule has 0 aromatic heterocycles. The molecule has 1 unspecified atom stereocenters. The number of carbonyl (C=O) groups excluding carboxylic acids is 1. The Morgan fingerprint density at radius 2 is 1.77 bits per heavy atom. The van der Waals surface area contributed by atoms with E-state index < -0.39 is 0 Å². The van der Waals surface area contributed by atoms with Crippen molar-refractivity contribution in [1.82, 2.24) is 25.8 Å². The van der Waals surface area contributed by atoms with Crippen molar-refractivity contribution in [3.8, 4) is 0 Å². The zero-order valence-electron chi connectivity index (χ0n) is 17.4. The van der Waals surface area contributed by atoms with Gasteiger partial charge in [-0.1, -0.05) is 6.92 Å². The van der Waals surface area contributed by atoms with E-state index >= 15 is 0 Å². The molecule has 1 heterocycles. The predicted octanol–water partition coefficient (Wildman–Crippen LogP) is 0.958. The summed E-state index contributed by atoms with van der Waals surface area (Å²) in [6.45, 7) is 17.6. The Balaban J connectivity index is 0.00000625. The topological polar surface area (TPSA) is 72.0 Å². The summed E-state index contributed by atoms with van der Waals surface area (Å²) in [5, 5.41) is 9.49. The van der Waals surface area contributed by atoms with Crippen LogP contribution in [-0.4, -0.2) is 86.6 Å². The van der Waals surface area contributed by atoms with Crippen LogP contribution in [0.4, 0.5) is 0 Å². The molecule has 0 aromatic rings. The number of likely N-dealkylation sites (N-methyl/N-ethyl adjacent to an activating group) is 1. The van der Waals surface area contributed by atoms with Crippen LogP contribution in [0.2, 0.25) is 0 Å². The number of amides is 1. The van der Waals surface area contributed by atoms with Crippen LogP contribution in [-0.2, 0) is 4.79 Å². The third-order valence-electron chi connectivity index (χ3n) is 4.02. The Labute approximate surface area is 176 Å². The van der Waals surface area contributed by atoms with E-state index in [0.29, 0.717) is 11.9 Å². The van der Waals surface area contributed by atoms with Crippen molar-refractivity contribution < 1.29 is 4.79 Å². The van der Waals surface area contributed by atoms with E-state index in [2.05, 4.69) is 44.7 Å². The summed E-state index contributed by atoms with van der Waals surface area (Å²) in [6.07, 6.45) is 0. The molecule has 0 aliphatic carbocycles. The lowest BCUT2D eigenvalue weighted by Crippen LogP contribution is -2.47. The first kappa shape index (κ1) is 25.4. The molecule has 3 N–H and O–H groups in total. The highest BCUT2D eigenvalue weighted by Crippen LogP contribution is 2.03. The molecule has 0 bridgehead atoms. The smallest absolute Gasteiger partial charge is 0.242 e. The van der Waals surface area contributed by atoms with Crippen LogP contribution in [0.1, 0.15) is 34.6 Å². The first-order valence-electron chi connectivity index (χ1n) is 9.43. The quantitative estimate of drug-likeness (QED) is 0.287. The summed E-state index contributed by atoms with van der Waals surface area (Å²) in [6, 6.07) is 0. The van der Waals surface area contributed by atoms with E-state index in [9.17, 15) is 4.79 Å². The van der Waals surface area contributed by atoms with Crippen LogP contribution in [0.3, 0.4) is 0 Å². The van der Waals surface area contributed by atoms with Gasteiger partial charge in [0.1, 0.15) is 6.54 Å². The first-order chi connectivity index (χ1) is 11.7. The fraction of sp³-hybridized carbons (Fsp3) is 0.889. The minimum atomic E-state index is -0.227. The zero-order chi connectivity index (χ0) is 18.9.